The monoisotopic (exact) mass is 363 g/mol. The number of nitrogens with one attached hydrogen (secondary N) is 1. The molecular weight excluding hydrogens is 346 g/mol. The van der Waals surface area contributed by atoms with Crippen molar-refractivity contribution in [2.24, 2.45) is 0 Å². The SMILES string of the molecule is Cc1ccccc1OCC#CCNS(=O)(=O)Cc1ccc(Cl)cc1. The molecule has 24 heavy (non-hydrogen) atoms. The normalized spacial score (nSPS) is 10.8. The third-order valence-electron chi connectivity index (χ3n) is 3.17. The first kappa shape index (κ1) is 18.3. The second kappa shape index (κ2) is 8.74. The minimum Gasteiger partial charge on any atom is -0.481 e. The summed E-state index contributed by atoms with van der Waals surface area (Å²) in [6.07, 6.45) is 0. The van der Waals surface area contributed by atoms with E-state index in [0.29, 0.717) is 10.6 Å². The molecule has 2 rings (SSSR count). The average molecular weight is 364 g/mol. The Morgan fingerprint density at radius 3 is 2.50 bits per heavy atom. The van der Waals surface area contributed by atoms with Crippen LogP contribution in [0.5, 0.6) is 5.75 Å². The van der Waals surface area contributed by atoms with Gasteiger partial charge in [-0.05, 0) is 36.2 Å². The maximum atomic E-state index is 11.9. The van der Waals surface area contributed by atoms with Gasteiger partial charge in [0.15, 0.2) is 0 Å². The van der Waals surface area contributed by atoms with E-state index >= 15 is 0 Å². The summed E-state index contributed by atoms with van der Waals surface area (Å²) in [7, 11) is -3.43. The maximum Gasteiger partial charge on any atom is 0.216 e. The molecule has 2 aromatic carbocycles. The number of para-hydroxylation sites is 1. The Kier molecular flexibility index (Phi) is 6.68. The van der Waals surface area contributed by atoms with E-state index in [4.69, 9.17) is 16.3 Å². The zero-order valence-corrected chi connectivity index (χ0v) is 14.8. The number of aryl methyl sites for hydroxylation is 1. The summed E-state index contributed by atoms with van der Waals surface area (Å²) in [5, 5.41) is 0.573. The zero-order valence-electron chi connectivity index (χ0n) is 13.3. The average Bonchev–Trinajstić information content (AvgIpc) is 2.54. The van der Waals surface area contributed by atoms with E-state index < -0.39 is 10.0 Å². The molecule has 0 spiro atoms. The van der Waals surface area contributed by atoms with Crippen LogP contribution >= 0.6 is 11.6 Å². The van der Waals surface area contributed by atoms with Crippen LogP contribution in [-0.4, -0.2) is 21.6 Å². The molecule has 6 heteroatoms. The Morgan fingerprint density at radius 1 is 1.08 bits per heavy atom. The largest absolute Gasteiger partial charge is 0.481 e. The first-order valence-corrected chi connectivity index (χ1v) is 9.35. The van der Waals surface area contributed by atoms with Gasteiger partial charge in [0.05, 0.1) is 12.3 Å². The molecule has 0 amide bonds. The fraction of sp³-hybridized carbons (Fsp3) is 0.222. The smallest absolute Gasteiger partial charge is 0.216 e. The summed E-state index contributed by atoms with van der Waals surface area (Å²) in [6.45, 7) is 2.21. The van der Waals surface area contributed by atoms with Crippen LogP contribution in [0.1, 0.15) is 11.1 Å². The predicted octanol–water partition coefficient (Wildman–Crippen LogP) is 3.15. The van der Waals surface area contributed by atoms with E-state index in [-0.39, 0.29) is 18.9 Å². The number of halogens is 1. The van der Waals surface area contributed by atoms with Crippen LogP contribution in [-0.2, 0) is 15.8 Å². The summed E-state index contributed by atoms with van der Waals surface area (Å²) < 4.78 is 31.8. The van der Waals surface area contributed by atoms with Crippen LogP contribution in [0.15, 0.2) is 48.5 Å². The van der Waals surface area contributed by atoms with Crippen LogP contribution in [0.3, 0.4) is 0 Å². The molecule has 0 fully saturated rings. The quantitative estimate of drug-likeness (QED) is 0.802. The first-order valence-electron chi connectivity index (χ1n) is 7.32. The van der Waals surface area contributed by atoms with Gasteiger partial charge in [0.2, 0.25) is 10.0 Å². The van der Waals surface area contributed by atoms with Crippen molar-refractivity contribution in [2.45, 2.75) is 12.7 Å². The first-order chi connectivity index (χ1) is 11.5. The molecule has 0 saturated carbocycles. The van der Waals surface area contributed by atoms with E-state index in [1.54, 1.807) is 24.3 Å². The molecule has 0 aliphatic carbocycles. The topological polar surface area (TPSA) is 55.4 Å². The van der Waals surface area contributed by atoms with Crippen molar-refractivity contribution >= 4 is 21.6 Å². The molecule has 0 aromatic heterocycles. The molecule has 0 saturated heterocycles. The van der Waals surface area contributed by atoms with Gasteiger partial charge < -0.3 is 4.74 Å². The molecule has 0 aliphatic heterocycles. The van der Waals surface area contributed by atoms with Gasteiger partial charge in [-0.3, -0.25) is 0 Å². The highest BCUT2D eigenvalue weighted by atomic mass is 35.5. The fourth-order valence-corrected chi connectivity index (χ4v) is 3.09. The van der Waals surface area contributed by atoms with Gasteiger partial charge >= 0.3 is 0 Å². The van der Waals surface area contributed by atoms with Crippen LogP contribution in [0.2, 0.25) is 5.02 Å². The Labute approximate surface area is 147 Å². The van der Waals surface area contributed by atoms with Crippen molar-refractivity contribution in [3.63, 3.8) is 0 Å². The number of rotatable bonds is 6. The van der Waals surface area contributed by atoms with Crippen molar-refractivity contribution < 1.29 is 13.2 Å². The number of ether oxygens (including phenoxy) is 1. The van der Waals surface area contributed by atoms with Crippen molar-refractivity contribution in [1.29, 1.82) is 0 Å². The second-order valence-corrected chi connectivity index (χ2v) is 7.36. The zero-order chi connectivity index (χ0) is 17.4. The summed E-state index contributed by atoms with van der Waals surface area (Å²) in [5.74, 6) is 6.20. The molecule has 1 N–H and O–H groups in total. The minimum absolute atomic E-state index is 0.0487. The summed E-state index contributed by atoms with van der Waals surface area (Å²) >= 11 is 5.77. The molecule has 126 valence electrons. The van der Waals surface area contributed by atoms with Crippen LogP contribution < -0.4 is 9.46 Å². The van der Waals surface area contributed by atoms with Gasteiger partial charge in [-0.1, -0.05) is 53.8 Å². The molecule has 0 radical (unpaired) electrons. The van der Waals surface area contributed by atoms with Crippen molar-refractivity contribution in [1.82, 2.24) is 4.72 Å². The highest BCUT2D eigenvalue weighted by Crippen LogP contribution is 2.15. The lowest BCUT2D eigenvalue weighted by atomic mass is 10.2. The van der Waals surface area contributed by atoms with E-state index in [0.717, 1.165) is 11.3 Å². The minimum atomic E-state index is -3.43. The third kappa shape index (κ3) is 6.25. The van der Waals surface area contributed by atoms with Gasteiger partial charge in [0.1, 0.15) is 12.4 Å². The van der Waals surface area contributed by atoms with Gasteiger partial charge in [-0.25, -0.2) is 13.1 Å². The van der Waals surface area contributed by atoms with Gasteiger partial charge in [-0.2, -0.15) is 0 Å². The van der Waals surface area contributed by atoms with E-state index in [1.807, 2.05) is 31.2 Å². The van der Waals surface area contributed by atoms with E-state index in [2.05, 4.69) is 16.6 Å². The molecule has 0 bridgehead atoms. The lowest BCUT2D eigenvalue weighted by molar-refractivity contribution is 0.367. The predicted molar refractivity (Wildman–Crippen MR) is 96.5 cm³/mol. The molecule has 0 unspecified atom stereocenters. The Bertz CT molecular complexity index is 837. The Hall–Kier alpha value is -2.00. The van der Waals surface area contributed by atoms with Crippen LogP contribution in [0, 0.1) is 18.8 Å². The molecule has 0 atom stereocenters. The summed E-state index contributed by atoms with van der Waals surface area (Å²) in [5.41, 5.74) is 1.70. The number of hydrogen-bond acceptors (Lipinski definition) is 3. The highest BCUT2D eigenvalue weighted by molar-refractivity contribution is 7.88. The molecule has 4 nitrogen and oxygen atoms in total. The number of hydrogen-bond donors (Lipinski definition) is 1. The summed E-state index contributed by atoms with van der Waals surface area (Å²) in [4.78, 5) is 0. The van der Waals surface area contributed by atoms with Crippen LogP contribution in [0.25, 0.3) is 0 Å². The van der Waals surface area contributed by atoms with E-state index in [1.165, 1.54) is 0 Å². The molecule has 0 aliphatic rings. The standard InChI is InChI=1S/C18H18ClNO3S/c1-15-6-2-3-7-18(15)23-13-5-4-12-20-24(21,22)14-16-8-10-17(19)11-9-16/h2-3,6-11,20H,12-14H2,1H3. The van der Waals surface area contributed by atoms with Gasteiger partial charge in [-0.15, -0.1) is 0 Å². The number of benzene rings is 2. The Morgan fingerprint density at radius 2 is 1.79 bits per heavy atom. The molecule has 0 heterocycles. The molecule has 2 aromatic rings. The van der Waals surface area contributed by atoms with Crippen molar-refractivity contribution in [2.75, 3.05) is 13.2 Å². The lowest BCUT2D eigenvalue weighted by Crippen LogP contribution is -2.25. The highest BCUT2D eigenvalue weighted by Gasteiger charge is 2.09. The fourth-order valence-electron chi connectivity index (χ4n) is 1.94. The Balaban J connectivity index is 1.77. The van der Waals surface area contributed by atoms with Crippen molar-refractivity contribution in [3.05, 3.63) is 64.7 Å². The van der Waals surface area contributed by atoms with Gasteiger partial charge in [0, 0.05) is 5.02 Å². The number of sulfonamides is 1. The van der Waals surface area contributed by atoms with Gasteiger partial charge in [0.25, 0.3) is 0 Å². The van der Waals surface area contributed by atoms with Crippen LogP contribution in [0.4, 0.5) is 0 Å². The summed E-state index contributed by atoms with van der Waals surface area (Å²) in [6, 6.07) is 14.3. The van der Waals surface area contributed by atoms with E-state index in [9.17, 15) is 8.42 Å². The lowest BCUT2D eigenvalue weighted by Gasteiger charge is -2.05. The second-order valence-electron chi connectivity index (χ2n) is 5.11. The van der Waals surface area contributed by atoms with Crippen molar-refractivity contribution in [3.8, 4) is 17.6 Å². The maximum absolute atomic E-state index is 11.9. The molecular formula is C18H18ClNO3S. The third-order valence-corrected chi connectivity index (χ3v) is 4.72.